The Bertz CT molecular complexity index is 835. The zero-order valence-corrected chi connectivity index (χ0v) is 17.7. The minimum Gasteiger partial charge on any atom is -0.496 e. The molecule has 3 rings (SSSR count). The lowest BCUT2D eigenvalue weighted by Gasteiger charge is -2.34. The third-order valence-corrected chi connectivity index (χ3v) is 5.27. The van der Waals surface area contributed by atoms with E-state index in [1.54, 1.807) is 12.0 Å². The Hall–Kier alpha value is -2.90. The van der Waals surface area contributed by atoms with Gasteiger partial charge in [0.1, 0.15) is 5.75 Å². The smallest absolute Gasteiger partial charge is 0.238 e. The van der Waals surface area contributed by atoms with Crippen molar-refractivity contribution in [1.29, 1.82) is 0 Å². The number of rotatable bonds is 8. The van der Waals surface area contributed by atoms with Crippen molar-refractivity contribution in [1.82, 2.24) is 14.7 Å². The molecule has 1 aliphatic heterocycles. The van der Waals surface area contributed by atoms with Gasteiger partial charge in [0.25, 0.3) is 0 Å². The van der Waals surface area contributed by atoms with Gasteiger partial charge in [0.05, 0.1) is 20.2 Å². The fourth-order valence-electron chi connectivity index (χ4n) is 3.52. The van der Waals surface area contributed by atoms with Gasteiger partial charge >= 0.3 is 0 Å². The lowest BCUT2D eigenvalue weighted by atomic mass is 10.2. The van der Waals surface area contributed by atoms with Crippen molar-refractivity contribution in [3.63, 3.8) is 0 Å². The second-order valence-corrected chi connectivity index (χ2v) is 7.53. The first-order valence-electron chi connectivity index (χ1n) is 10.2. The summed E-state index contributed by atoms with van der Waals surface area (Å²) in [7, 11) is 3.46. The van der Waals surface area contributed by atoms with E-state index in [0.29, 0.717) is 19.6 Å². The number of nitrogens with zero attached hydrogens (tertiary/aromatic N) is 3. The largest absolute Gasteiger partial charge is 0.496 e. The molecule has 0 radical (unpaired) electrons. The highest BCUT2D eigenvalue weighted by Crippen LogP contribution is 2.18. The van der Waals surface area contributed by atoms with Gasteiger partial charge in [-0.15, -0.1) is 0 Å². The van der Waals surface area contributed by atoms with Crippen LogP contribution in [-0.2, 0) is 16.1 Å². The van der Waals surface area contributed by atoms with Crippen LogP contribution in [0, 0.1) is 0 Å². The molecule has 0 unspecified atom stereocenters. The van der Waals surface area contributed by atoms with Crippen LogP contribution >= 0.6 is 0 Å². The molecule has 2 amide bonds. The van der Waals surface area contributed by atoms with Crippen LogP contribution in [0.3, 0.4) is 0 Å². The van der Waals surface area contributed by atoms with E-state index in [-0.39, 0.29) is 11.8 Å². The van der Waals surface area contributed by atoms with E-state index in [2.05, 4.69) is 15.1 Å². The monoisotopic (exact) mass is 410 g/mol. The van der Waals surface area contributed by atoms with Crippen LogP contribution in [0.4, 0.5) is 5.69 Å². The molecule has 1 N–H and O–H groups in total. The van der Waals surface area contributed by atoms with Gasteiger partial charge in [0.15, 0.2) is 0 Å². The van der Waals surface area contributed by atoms with Crippen LogP contribution in [0.5, 0.6) is 5.75 Å². The molecule has 1 heterocycles. The molecule has 0 spiro atoms. The van der Waals surface area contributed by atoms with E-state index in [0.717, 1.165) is 43.2 Å². The summed E-state index contributed by atoms with van der Waals surface area (Å²) in [4.78, 5) is 30.9. The van der Waals surface area contributed by atoms with Crippen LogP contribution in [0.2, 0.25) is 0 Å². The quantitative estimate of drug-likeness (QED) is 0.720. The molecular weight excluding hydrogens is 380 g/mol. The number of carbonyl (C=O) groups is 2. The predicted octanol–water partition coefficient (Wildman–Crippen LogP) is 1.91. The van der Waals surface area contributed by atoms with E-state index in [9.17, 15) is 9.59 Å². The fourth-order valence-corrected chi connectivity index (χ4v) is 3.52. The van der Waals surface area contributed by atoms with Crippen molar-refractivity contribution < 1.29 is 14.3 Å². The zero-order valence-electron chi connectivity index (χ0n) is 17.7. The highest BCUT2D eigenvalue weighted by atomic mass is 16.5. The minimum absolute atomic E-state index is 0.0118. The first-order valence-corrected chi connectivity index (χ1v) is 10.2. The number of amides is 2. The summed E-state index contributed by atoms with van der Waals surface area (Å²) in [5, 5.41) is 2.91. The number of likely N-dealkylation sites (N-methyl/N-ethyl adjacent to an activating group) is 1. The number of piperazine rings is 1. The summed E-state index contributed by atoms with van der Waals surface area (Å²) in [5.74, 6) is 0.859. The average Bonchev–Trinajstić information content (AvgIpc) is 2.76. The maximum absolute atomic E-state index is 12.6. The summed E-state index contributed by atoms with van der Waals surface area (Å²) in [6.07, 6.45) is 0. The minimum atomic E-state index is -0.0118. The molecule has 1 aliphatic rings. The molecule has 0 aromatic heterocycles. The van der Waals surface area contributed by atoms with Crippen molar-refractivity contribution in [2.75, 3.05) is 58.7 Å². The van der Waals surface area contributed by atoms with E-state index in [4.69, 9.17) is 4.74 Å². The molecule has 7 nitrogen and oxygen atoms in total. The Kier molecular flexibility index (Phi) is 7.82. The number of para-hydroxylation sites is 2. The number of ether oxygens (including phenoxy) is 1. The maximum Gasteiger partial charge on any atom is 0.238 e. The third kappa shape index (κ3) is 6.30. The molecule has 160 valence electrons. The molecular formula is C23H30N4O3. The van der Waals surface area contributed by atoms with Crippen LogP contribution in [0.15, 0.2) is 54.6 Å². The summed E-state index contributed by atoms with van der Waals surface area (Å²) < 4.78 is 5.37. The molecule has 1 fully saturated rings. The van der Waals surface area contributed by atoms with Crippen LogP contribution in [-0.4, -0.2) is 79.9 Å². The fraction of sp³-hybridized carbons (Fsp3) is 0.391. The Balaban J connectivity index is 1.40. The average molecular weight is 411 g/mol. The van der Waals surface area contributed by atoms with Crippen molar-refractivity contribution in [3.05, 3.63) is 60.2 Å². The summed E-state index contributed by atoms with van der Waals surface area (Å²) in [5.41, 5.74) is 1.80. The lowest BCUT2D eigenvalue weighted by molar-refractivity contribution is -0.132. The normalized spacial score (nSPS) is 14.9. The molecule has 0 saturated carbocycles. The van der Waals surface area contributed by atoms with Crippen LogP contribution < -0.4 is 10.1 Å². The Morgan fingerprint density at radius 1 is 0.933 bits per heavy atom. The van der Waals surface area contributed by atoms with E-state index >= 15 is 0 Å². The van der Waals surface area contributed by atoms with Crippen molar-refractivity contribution in [2.45, 2.75) is 6.54 Å². The first-order chi connectivity index (χ1) is 14.5. The molecule has 0 aliphatic carbocycles. The van der Waals surface area contributed by atoms with Gasteiger partial charge in [-0.1, -0.05) is 36.4 Å². The molecule has 30 heavy (non-hydrogen) atoms. The van der Waals surface area contributed by atoms with E-state index < -0.39 is 0 Å². The summed E-state index contributed by atoms with van der Waals surface area (Å²) in [6, 6.07) is 17.2. The topological polar surface area (TPSA) is 65.1 Å². The molecule has 0 atom stereocenters. The number of benzene rings is 2. The highest BCUT2D eigenvalue weighted by molar-refractivity contribution is 5.92. The molecule has 0 bridgehead atoms. The van der Waals surface area contributed by atoms with Crippen LogP contribution in [0.1, 0.15) is 5.56 Å². The third-order valence-electron chi connectivity index (χ3n) is 5.27. The Labute approximate surface area is 178 Å². The SMILES string of the molecule is COc1ccccc1CN(C)C(=O)CN1CCN(CC(=O)Nc2ccccc2)CC1. The zero-order chi connectivity index (χ0) is 21.3. The summed E-state index contributed by atoms with van der Waals surface area (Å²) in [6.45, 7) is 4.35. The Morgan fingerprint density at radius 2 is 1.53 bits per heavy atom. The summed E-state index contributed by atoms with van der Waals surface area (Å²) >= 11 is 0. The van der Waals surface area contributed by atoms with Gasteiger partial charge in [-0.25, -0.2) is 0 Å². The van der Waals surface area contributed by atoms with Gasteiger partial charge in [-0.05, 0) is 18.2 Å². The molecule has 1 saturated heterocycles. The highest BCUT2D eigenvalue weighted by Gasteiger charge is 2.22. The van der Waals surface area contributed by atoms with Gasteiger partial charge in [-0.2, -0.15) is 0 Å². The lowest BCUT2D eigenvalue weighted by Crippen LogP contribution is -2.51. The predicted molar refractivity (Wildman–Crippen MR) is 117 cm³/mol. The van der Waals surface area contributed by atoms with Gasteiger partial charge in [0, 0.05) is 51.0 Å². The van der Waals surface area contributed by atoms with E-state index in [1.165, 1.54) is 0 Å². The molecule has 2 aromatic carbocycles. The number of methoxy groups -OCH3 is 1. The number of hydrogen-bond acceptors (Lipinski definition) is 5. The van der Waals surface area contributed by atoms with Crippen molar-refractivity contribution >= 4 is 17.5 Å². The number of nitrogens with one attached hydrogen (secondary N) is 1. The van der Waals surface area contributed by atoms with Crippen molar-refractivity contribution in [3.8, 4) is 5.75 Å². The standard InChI is InChI=1S/C23H30N4O3/c1-25(16-19-8-6-7-11-21(19)30-2)23(29)18-27-14-12-26(13-15-27)17-22(28)24-20-9-4-3-5-10-20/h3-11H,12-18H2,1-2H3,(H,24,28). The number of anilines is 1. The Morgan fingerprint density at radius 3 is 2.20 bits per heavy atom. The van der Waals surface area contributed by atoms with Crippen molar-refractivity contribution in [2.24, 2.45) is 0 Å². The molecule has 7 heteroatoms. The first kappa shape index (κ1) is 21.8. The van der Waals surface area contributed by atoms with E-state index in [1.807, 2.05) is 61.6 Å². The van der Waals surface area contributed by atoms with Gasteiger partial charge in [-0.3, -0.25) is 19.4 Å². The maximum atomic E-state index is 12.6. The second kappa shape index (κ2) is 10.8. The molecule has 2 aromatic rings. The second-order valence-electron chi connectivity index (χ2n) is 7.53. The van der Waals surface area contributed by atoms with Gasteiger partial charge < -0.3 is 15.0 Å². The number of carbonyl (C=O) groups excluding carboxylic acids is 2. The van der Waals surface area contributed by atoms with Gasteiger partial charge in [0.2, 0.25) is 11.8 Å². The van der Waals surface area contributed by atoms with Crippen LogP contribution in [0.25, 0.3) is 0 Å². The number of hydrogen-bond donors (Lipinski definition) is 1.